The van der Waals surface area contributed by atoms with Crippen molar-refractivity contribution in [2.45, 2.75) is 33.4 Å². The zero-order valence-electron chi connectivity index (χ0n) is 12.8. The van der Waals surface area contributed by atoms with Crippen LogP contribution in [0.3, 0.4) is 0 Å². The second kappa shape index (κ2) is 5.95. The van der Waals surface area contributed by atoms with Crippen LogP contribution in [0.5, 0.6) is 0 Å². The molecule has 2 aromatic heterocycles. The second-order valence-corrected chi connectivity index (χ2v) is 5.35. The summed E-state index contributed by atoms with van der Waals surface area (Å²) >= 11 is 0. The van der Waals surface area contributed by atoms with Crippen molar-refractivity contribution in [1.82, 2.24) is 19.7 Å². The first-order valence-corrected chi connectivity index (χ1v) is 6.85. The van der Waals surface area contributed by atoms with E-state index in [1.165, 1.54) is 22.9 Å². The third-order valence-electron chi connectivity index (χ3n) is 3.28. The number of aryl methyl sites for hydroxylation is 3. The highest BCUT2D eigenvalue weighted by Gasteiger charge is 2.12. The third-order valence-corrected chi connectivity index (χ3v) is 3.28. The molecule has 2 heterocycles. The molecule has 1 atom stereocenters. The average molecular weight is 288 g/mol. The van der Waals surface area contributed by atoms with Crippen molar-refractivity contribution in [3.05, 3.63) is 51.7 Å². The minimum Gasteiger partial charge on any atom is -0.348 e. The first-order valence-electron chi connectivity index (χ1n) is 6.85. The second-order valence-electron chi connectivity index (χ2n) is 5.35. The predicted molar refractivity (Wildman–Crippen MR) is 80.3 cm³/mol. The van der Waals surface area contributed by atoms with Crippen molar-refractivity contribution in [1.29, 1.82) is 0 Å². The highest BCUT2D eigenvalue weighted by atomic mass is 16.2. The lowest BCUT2D eigenvalue weighted by Crippen LogP contribution is -2.36. The summed E-state index contributed by atoms with van der Waals surface area (Å²) < 4.78 is 3.27. The first-order chi connectivity index (χ1) is 9.86. The lowest BCUT2D eigenvalue weighted by molar-refractivity contribution is 0.0935. The maximum atomic E-state index is 12.1. The molecule has 0 saturated heterocycles. The van der Waals surface area contributed by atoms with Gasteiger partial charge in [-0.3, -0.25) is 14.3 Å². The summed E-state index contributed by atoms with van der Waals surface area (Å²) in [7, 11) is 1.62. The summed E-state index contributed by atoms with van der Waals surface area (Å²) in [5.41, 5.74) is 2.36. The SMILES string of the molecule is Cc1cc(C)n(C[C@@H](C)NC(=O)c2ccc(=O)n(C)c2)n1. The van der Waals surface area contributed by atoms with E-state index < -0.39 is 0 Å². The van der Waals surface area contributed by atoms with Gasteiger partial charge in [0.2, 0.25) is 5.56 Å². The fraction of sp³-hybridized carbons (Fsp3) is 0.400. The van der Waals surface area contributed by atoms with Crippen molar-refractivity contribution in [2.24, 2.45) is 7.05 Å². The normalized spacial score (nSPS) is 12.2. The van der Waals surface area contributed by atoms with Gasteiger partial charge in [-0.25, -0.2) is 0 Å². The van der Waals surface area contributed by atoms with Gasteiger partial charge in [0.15, 0.2) is 0 Å². The summed E-state index contributed by atoms with van der Waals surface area (Å²) in [6, 6.07) is 4.86. The van der Waals surface area contributed by atoms with E-state index in [9.17, 15) is 9.59 Å². The number of hydrogen-bond acceptors (Lipinski definition) is 3. The molecule has 0 aliphatic carbocycles. The summed E-state index contributed by atoms with van der Waals surface area (Å²) in [6.45, 7) is 6.46. The average Bonchev–Trinajstić information content (AvgIpc) is 2.70. The van der Waals surface area contributed by atoms with Crippen LogP contribution in [0.25, 0.3) is 0 Å². The largest absolute Gasteiger partial charge is 0.348 e. The van der Waals surface area contributed by atoms with Gasteiger partial charge in [0.05, 0.1) is 17.8 Å². The summed E-state index contributed by atoms with van der Waals surface area (Å²) in [4.78, 5) is 23.5. The maximum Gasteiger partial charge on any atom is 0.253 e. The Morgan fingerprint density at radius 2 is 2.10 bits per heavy atom. The Kier molecular flexibility index (Phi) is 4.26. The van der Waals surface area contributed by atoms with Crippen LogP contribution in [0.1, 0.15) is 28.7 Å². The van der Waals surface area contributed by atoms with Gasteiger partial charge in [-0.15, -0.1) is 0 Å². The number of aromatic nitrogens is 3. The van der Waals surface area contributed by atoms with Crippen LogP contribution < -0.4 is 10.9 Å². The van der Waals surface area contributed by atoms with Gasteiger partial charge < -0.3 is 9.88 Å². The fourth-order valence-electron chi connectivity index (χ4n) is 2.20. The minimum atomic E-state index is -0.195. The topological polar surface area (TPSA) is 68.9 Å². The van der Waals surface area contributed by atoms with E-state index in [1.807, 2.05) is 31.5 Å². The standard InChI is InChI=1S/C15H20N4O2/c1-10-7-12(3)19(17-10)8-11(2)16-15(21)13-5-6-14(20)18(4)9-13/h5-7,9,11H,8H2,1-4H3,(H,16,21)/t11-/m1/s1. The van der Waals surface area contributed by atoms with Crippen LogP contribution in [0.4, 0.5) is 0 Å². The van der Waals surface area contributed by atoms with Crippen molar-refractivity contribution in [3.8, 4) is 0 Å². The molecule has 2 aromatic rings. The molecular weight excluding hydrogens is 268 g/mol. The van der Waals surface area contributed by atoms with E-state index >= 15 is 0 Å². The molecule has 1 amide bonds. The molecule has 0 aromatic carbocycles. The van der Waals surface area contributed by atoms with Gasteiger partial charge in [-0.2, -0.15) is 5.10 Å². The van der Waals surface area contributed by atoms with Crippen LogP contribution in [-0.4, -0.2) is 26.3 Å². The van der Waals surface area contributed by atoms with E-state index in [2.05, 4.69) is 10.4 Å². The Hall–Kier alpha value is -2.37. The zero-order valence-corrected chi connectivity index (χ0v) is 12.8. The number of rotatable bonds is 4. The van der Waals surface area contributed by atoms with Crippen LogP contribution in [0.15, 0.2) is 29.2 Å². The quantitative estimate of drug-likeness (QED) is 0.913. The lowest BCUT2D eigenvalue weighted by Gasteiger charge is -2.15. The lowest BCUT2D eigenvalue weighted by atomic mass is 10.2. The molecule has 2 rings (SSSR count). The molecule has 21 heavy (non-hydrogen) atoms. The highest BCUT2D eigenvalue weighted by Crippen LogP contribution is 2.03. The van der Waals surface area contributed by atoms with Gasteiger partial charge in [0.1, 0.15) is 0 Å². The van der Waals surface area contributed by atoms with E-state index in [1.54, 1.807) is 7.05 Å². The van der Waals surface area contributed by atoms with Gasteiger partial charge in [-0.05, 0) is 32.9 Å². The molecule has 0 aliphatic rings. The van der Waals surface area contributed by atoms with Crippen molar-refractivity contribution >= 4 is 5.91 Å². The summed E-state index contributed by atoms with van der Waals surface area (Å²) in [5, 5.41) is 7.29. The number of carbonyl (C=O) groups excluding carboxylic acids is 1. The molecule has 0 bridgehead atoms. The van der Waals surface area contributed by atoms with Crippen LogP contribution in [-0.2, 0) is 13.6 Å². The molecule has 0 aliphatic heterocycles. The third kappa shape index (κ3) is 3.59. The molecule has 1 N–H and O–H groups in total. The molecule has 112 valence electrons. The Balaban J connectivity index is 2.03. The Labute approximate surface area is 123 Å². The Bertz CT molecular complexity index is 715. The molecule has 0 unspecified atom stereocenters. The fourth-order valence-corrected chi connectivity index (χ4v) is 2.20. The van der Waals surface area contributed by atoms with Gasteiger partial charge in [0.25, 0.3) is 5.91 Å². The molecule has 0 saturated carbocycles. The van der Waals surface area contributed by atoms with Gasteiger partial charge in [0, 0.05) is 31.0 Å². The molecule has 6 nitrogen and oxygen atoms in total. The Morgan fingerprint density at radius 3 is 2.67 bits per heavy atom. The number of pyridine rings is 1. The summed E-state index contributed by atoms with van der Waals surface area (Å²) in [6.07, 6.45) is 1.54. The van der Waals surface area contributed by atoms with Crippen LogP contribution in [0, 0.1) is 13.8 Å². The monoisotopic (exact) mass is 288 g/mol. The van der Waals surface area contributed by atoms with E-state index in [-0.39, 0.29) is 17.5 Å². The highest BCUT2D eigenvalue weighted by molar-refractivity contribution is 5.94. The number of hydrogen-bond donors (Lipinski definition) is 1. The van der Waals surface area contributed by atoms with E-state index in [0.29, 0.717) is 12.1 Å². The summed E-state index contributed by atoms with van der Waals surface area (Å²) in [5.74, 6) is -0.195. The van der Waals surface area contributed by atoms with Gasteiger partial charge in [-0.1, -0.05) is 0 Å². The van der Waals surface area contributed by atoms with E-state index in [0.717, 1.165) is 11.4 Å². The molecule has 0 fully saturated rings. The van der Waals surface area contributed by atoms with Crippen LogP contribution in [0.2, 0.25) is 0 Å². The smallest absolute Gasteiger partial charge is 0.253 e. The minimum absolute atomic E-state index is 0.0623. The molecular formula is C15H20N4O2. The Morgan fingerprint density at radius 1 is 1.38 bits per heavy atom. The molecule has 6 heteroatoms. The van der Waals surface area contributed by atoms with Crippen molar-refractivity contribution in [3.63, 3.8) is 0 Å². The van der Waals surface area contributed by atoms with Crippen LogP contribution >= 0.6 is 0 Å². The number of nitrogens with zero attached hydrogens (tertiary/aromatic N) is 3. The molecule has 0 radical (unpaired) electrons. The van der Waals surface area contributed by atoms with Crippen molar-refractivity contribution in [2.75, 3.05) is 0 Å². The number of carbonyl (C=O) groups is 1. The number of amides is 1. The predicted octanol–water partition coefficient (Wildman–Crippen LogP) is 1.02. The maximum absolute atomic E-state index is 12.1. The van der Waals surface area contributed by atoms with E-state index in [4.69, 9.17) is 0 Å². The van der Waals surface area contributed by atoms with Crippen molar-refractivity contribution < 1.29 is 4.79 Å². The molecule has 0 spiro atoms. The van der Waals surface area contributed by atoms with Gasteiger partial charge >= 0.3 is 0 Å². The first kappa shape index (κ1) is 15.0. The zero-order chi connectivity index (χ0) is 15.6. The number of nitrogens with one attached hydrogen (secondary N) is 1.